The fourth-order valence-corrected chi connectivity index (χ4v) is 2.38. The van der Waals surface area contributed by atoms with Gasteiger partial charge >= 0.3 is 0 Å². The maximum atomic E-state index is 12.3. The minimum atomic E-state index is -0.292. The van der Waals surface area contributed by atoms with Gasteiger partial charge in [0.25, 0.3) is 5.91 Å². The number of aromatic nitrogens is 3. The van der Waals surface area contributed by atoms with Gasteiger partial charge in [0.1, 0.15) is 0 Å². The number of H-pyrrole nitrogens is 1. The van der Waals surface area contributed by atoms with Crippen LogP contribution in [0.4, 0.5) is 5.69 Å². The summed E-state index contributed by atoms with van der Waals surface area (Å²) in [6.07, 6.45) is 1.39. The van der Waals surface area contributed by atoms with Crippen LogP contribution >= 0.6 is 0 Å². The molecule has 0 aliphatic heterocycles. The van der Waals surface area contributed by atoms with Crippen LogP contribution in [-0.2, 0) is 0 Å². The average molecular weight is 308 g/mol. The molecule has 0 saturated carbocycles. The number of pyridine rings is 1. The zero-order chi connectivity index (χ0) is 16.4. The number of aryl methyl sites for hydroxylation is 1. The van der Waals surface area contributed by atoms with Gasteiger partial charge in [0.2, 0.25) is 5.56 Å². The van der Waals surface area contributed by atoms with Crippen LogP contribution in [0.15, 0.2) is 53.5 Å². The Balaban J connectivity index is 1.92. The Morgan fingerprint density at radius 3 is 2.52 bits per heavy atom. The van der Waals surface area contributed by atoms with E-state index in [1.54, 1.807) is 4.68 Å². The molecule has 0 unspecified atom stereocenters. The summed E-state index contributed by atoms with van der Waals surface area (Å²) >= 11 is 0. The molecule has 0 fully saturated rings. The highest BCUT2D eigenvalue weighted by Crippen LogP contribution is 2.23. The number of carbonyl (C=O) groups is 1. The van der Waals surface area contributed by atoms with Gasteiger partial charge in [-0.3, -0.25) is 9.59 Å². The summed E-state index contributed by atoms with van der Waals surface area (Å²) in [5.74, 6) is -0.292. The summed E-state index contributed by atoms with van der Waals surface area (Å²) in [7, 11) is 0. The predicted octanol–water partition coefficient (Wildman–Crippen LogP) is 2.43. The Morgan fingerprint density at radius 1 is 1.13 bits per heavy atom. The van der Waals surface area contributed by atoms with E-state index in [0.29, 0.717) is 11.3 Å². The quantitative estimate of drug-likeness (QED) is 0.780. The highest BCUT2D eigenvalue weighted by molar-refractivity contribution is 6.04. The summed E-state index contributed by atoms with van der Waals surface area (Å²) in [5.41, 5.74) is 3.31. The number of rotatable bonds is 3. The minimum Gasteiger partial charge on any atom is -0.328 e. The second-order valence-electron chi connectivity index (χ2n) is 5.19. The molecular formula is C17H16N4O2. The first kappa shape index (κ1) is 14.8. The van der Waals surface area contributed by atoms with Crippen LogP contribution < -0.4 is 10.9 Å². The lowest BCUT2D eigenvalue weighted by Crippen LogP contribution is -2.15. The minimum absolute atomic E-state index is 0.245. The largest absolute Gasteiger partial charge is 0.328 e. The SMILES string of the molecule is Cc1nn(-c2ccccc2)c(C)c1NC(=O)c1ccc(=O)[nH]c1. The van der Waals surface area contributed by atoms with E-state index in [2.05, 4.69) is 15.4 Å². The highest BCUT2D eigenvalue weighted by atomic mass is 16.1. The maximum Gasteiger partial charge on any atom is 0.257 e. The molecule has 1 aromatic carbocycles. The van der Waals surface area contributed by atoms with Crippen molar-refractivity contribution in [2.24, 2.45) is 0 Å². The van der Waals surface area contributed by atoms with Crippen molar-refractivity contribution in [3.05, 3.63) is 76.0 Å². The van der Waals surface area contributed by atoms with Crippen molar-refractivity contribution < 1.29 is 4.79 Å². The second-order valence-corrected chi connectivity index (χ2v) is 5.19. The Hall–Kier alpha value is -3.15. The summed E-state index contributed by atoms with van der Waals surface area (Å²) < 4.78 is 1.79. The number of amides is 1. The number of nitrogens with zero attached hydrogens (tertiary/aromatic N) is 2. The Labute approximate surface area is 132 Å². The lowest BCUT2D eigenvalue weighted by molar-refractivity contribution is 0.102. The van der Waals surface area contributed by atoms with Crippen molar-refractivity contribution in [2.45, 2.75) is 13.8 Å². The first-order valence-electron chi connectivity index (χ1n) is 7.18. The summed E-state index contributed by atoms with van der Waals surface area (Å²) in [5, 5.41) is 7.35. The van der Waals surface area contributed by atoms with Crippen molar-refractivity contribution in [1.29, 1.82) is 0 Å². The lowest BCUT2D eigenvalue weighted by Gasteiger charge is -2.07. The fourth-order valence-electron chi connectivity index (χ4n) is 2.38. The Kier molecular flexibility index (Phi) is 3.80. The molecule has 2 heterocycles. The van der Waals surface area contributed by atoms with E-state index in [1.165, 1.54) is 18.3 Å². The zero-order valence-corrected chi connectivity index (χ0v) is 12.8. The molecule has 0 aliphatic carbocycles. The van der Waals surface area contributed by atoms with Crippen molar-refractivity contribution in [2.75, 3.05) is 5.32 Å². The van der Waals surface area contributed by atoms with Gasteiger partial charge in [-0.05, 0) is 32.0 Å². The van der Waals surface area contributed by atoms with Crippen molar-refractivity contribution in [1.82, 2.24) is 14.8 Å². The smallest absolute Gasteiger partial charge is 0.257 e. The number of aromatic amines is 1. The topological polar surface area (TPSA) is 79.8 Å². The van der Waals surface area contributed by atoms with Crippen LogP contribution in [0.25, 0.3) is 5.69 Å². The van der Waals surface area contributed by atoms with Crippen molar-refractivity contribution in [3.63, 3.8) is 0 Å². The molecule has 6 nitrogen and oxygen atoms in total. The number of hydrogen-bond donors (Lipinski definition) is 2. The van der Waals surface area contributed by atoms with Crippen molar-refractivity contribution in [3.8, 4) is 5.69 Å². The molecule has 1 amide bonds. The van der Waals surface area contributed by atoms with Crippen molar-refractivity contribution >= 4 is 11.6 Å². The summed E-state index contributed by atoms with van der Waals surface area (Å²) in [6.45, 7) is 3.74. The van der Waals surface area contributed by atoms with Crippen LogP contribution in [0.1, 0.15) is 21.7 Å². The van der Waals surface area contributed by atoms with E-state index in [-0.39, 0.29) is 11.5 Å². The molecule has 0 spiro atoms. The van der Waals surface area contributed by atoms with Crippen LogP contribution in [0.2, 0.25) is 0 Å². The number of para-hydroxylation sites is 1. The highest BCUT2D eigenvalue weighted by Gasteiger charge is 2.16. The number of benzene rings is 1. The molecule has 0 bridgehead atoms. The summed E-state index contributed by atoms with van der Waals surface area (Å²) in [6, 6.07) is 12.5. The number of anilines is 1. The van der Waals surface area contributed by atoms with Crippen LogP contribution in [0.3, 0.4) is 0 Å². The second kappa shape index (κ2) is 5.92. The molecule has 0 aliphatic rings. The van der Waals surface area contributed by atoms with E-state index in [1.807, 2.05) is 44.2 Å². The van der Waals surface area contributed by atoms with Gasteiger partial charge in [-0.15, -0.1) is 0 Å². The molecule has 0 radical (unpaired) electrons. The van der Waals surface area contributed by atoms with Gasteiger partial charge in [0.15, 0.2) is 0 Å². The Bertz CT molecular complexity index is 890. The monoisotopic (exact) mass is 308 g/mol. The molecule has 0 saturated heterocycles. The molecule has 116 valence electrons. The number of carbonyl (C=O) groups excluding carboxylic acids is 1. The number of nitrogens with one attached hydrogen (secondary N) is 2. The van der Waals surface area contributed by atoms with Gasteiger partial charge in [0, 0.05) is 12.3 Å². The van der Waals surface area contributed by atoms with Gasteiger partial charge in [-0.25, -0.2) is 4.68 Å². The molecular weight excluding hydrogens is 292 g/mol. The van der Waals surface area contributed by atoms with Crippen LogP contribution in [0, 0.1) is 13.8 Å². The normalized spacial score (nSPS) is 10.5. The third-order valence-electron chi connectivity index (χ3n) is 3.58. The number of hydrogen-bond acceptors (Lipinski definition) is 3. The molecule has 23 heavy (non-hydrogen) atoms. The average Bonchev–Trinajstić information content (AvgIpc) is 2.84. The van der Waals surface area contributed by atoms with E-state index in [4.69, 9.17) is 0 Å². The fraction of sp³-hybridized carbons (Fsp3) is 0.118. The zero-order valence-electron chi connectivity index (χ0n) is 12.8. The van der Waals surface area contributed by atoms with E-state index < -0.39 is 0 Å². The third-order valence-corrected chi connectivity index (χ3v) is 3.58. The summed E-state index contributed by atoms with van der Waals surface area (Å²) in [4.78, 5) is 25.9. The van der Waals surface area contributed by atoms with Crippen LogP contribution in [0.5, 0.6) is 0 Å². The van der Waals surface area contributed by atoms with Gasteiger partial charge in [0.05, 0.1) is 28.3 Å². The first-order chi connectivity index (χ1) is 11.1. The van der Waals surface area contributed by atoms with E-state index in [0.717, 1.165) is 17.1 Å². The molecule has 2 aromatic heterocycles. The van der Waals surface area contributed by atoms with E-state index in [9.17, 15) is 9.59 Å². The molecule has 3 rings (SSSR count). The molecule has 6 heteroatoms. The van der Waals surface area contributed by atoms with Gasteiger partial charge in [-0.1, -0.05) is 18.2 Å². The third kappa shape index (κ3) is 2.91. The molecule has 2 N–H and O–H groups in total. The molecule has 3 aromatic rings. The predicted molar refractivity (Wildman–Crippen MR) is 88.1 cm³/mol. The standard InChI is InChI=1S/C17H16N4O2/c1-11-16(19-17(23)13-8-9-15(22)18-10-13)12(2)21(20-11)14-6-4-3-5-7-14/h3-10H,1-2H3,(H,18,22)(H,19,23). The Morgan fingerprint density at radius 2 is 1.87 bits per heavy atom. The lowest BCUT2D eigenvalue weighted by atomic mass is 10.2. The van der Waals surface area contributed by atoms with Gasteiger partial charge < -0.3 is 10.3 Å². The first-order valence-corrected chi connectivity index (χ1v) is 7.18. The van der Waals surface area contributed by atoms with E-state index >= 15 is 0 Å². The maximum absolute atomic E-state index is 12.3. The van der Waals surface area contributed by atoms with Crippen LogP contribution in [-0.4, -0.2) is 20.7 Å². The molecule has 0 atom stereocenters. The van der Waals surface area contributed by atoms with Gasteiger partial charge in [-0.2, -0.15) is 5.10 Å².